The molecule has 0 saturated carbocycles. The Hall–Kier alpha value is -7.16. The first-order valence-electron chi connectivity index (χ1n) is 27.7. The first kappa shape index (κ1) is 53.7. The van der Waals surface area contributed by atoms with Crippen LogP contribution in [0.2, 0.25) is 0 Å². The third kappa shape index (κ3) is 10.0. The lowest BCUT2D eigenvalue weighted by Gasteiger charge is -2.30. The summed E-state index contributed by atoms with van der Waals surface area (Å²) >= 11 is 0. The van der Waals surface area contributed by atoms with Gasteiger partial charge in [0.2, 0.25) is 0 Å². The average molecular weight is 999 g/mol. The molecule has 6 aromatic rings. The highest BCUT2D eigenvalue weighted by molar-refractivity contribution is 6.33. The van der Waals surface area contributed by atoms with Crippen LogP contribution in [-0.4, -0.2) is 0 Å². The van der Waals surface area contributed by atoms with Crippen molar-refractivity contribution in [3.8, 4) is 22.3 Å². The molecule has 0 fully saturated rings. The van der Waals surface area contributed by atoms with Gasteiger partial charge in [-0.05, 0) is 177 Å². The molecular formula is C74H82N2. The van der Waals surface area contributed by atoms with Gasteiger partial charge < -0.3 is 11.5 Å². The van der Waals surface area contributed by atoms with Gasteiger partial charge in [-0.2, -0.15) is 0 Å². The minimum atomic E-state index is -0.0678. The van der Waals surface area contributed by atoms with Gasteiger partial charge in [0.15, 0.2) is 0 Å². The molecule has 388 valence electrons. The van der Waals surface area contributed by atoms with Gasteiger partial charge in [0, 0.05) is 22.7 Å². The predicted octanol–water partition coefficient (Wildman–Crippen LogP) is 19.7. The molecule has 3 aliphatic carbocycles. The van der Waals surface area contributed by atoms with E-state index in [4.69, 9.17) is 11.5 Å². The minimum Gasteiger partial charge on any atom is -0.405 e. The molecule has 9 rings (SSSR count). The summed E-state index contributed by atoms with van der Waals surface area (Å²) in [5.74, 6) is 0.0383. The lowest BCUT2D eigenvalue weighted by molar-refractivity contribution is 0.566. The molecule has 3 aliphatic rings. The Morgan fingerprint density at radius 1 is 0.605 bits per heavy atom. The standard InChI is InChI=1S/C74H82N2/c1-16-17-33-62(76)68-61-39-46(2)28-22-18-19-25-31-55(61)56(32-26-21-27-38-75)65-58-35-37-59-66-57(34-36-60(67(58)66)70(65)68)63(47(3)49-40-51(71(4,5)6)44-52(41-49)72(7,8)9)69(59)64(48-29-23-20-24-30-48)50-42-53(73(10,11)12)45-54(43-50)74(13,14)15/h16-29,31,33-45,47H,30,32,75-76H2,1-15H3/b17-16-,19-18?,22-18?,25-19?,26-21-,28-22?,31-25?,38-27-,46-28?,46-39?,55-31?,61-39?,62-33-,64-48-. The van der Waals surface area contributed by atoms with E-state index in [0.717, 1.165) is 28.6 Å². The molecule has 0 aromatic heterocycles. The maximum atomic E-state index is 7.48. The fourth-order valence-corrected chi connectivity index (χ4v) is 11.7. The van der Waals surface area contributed by atoms with Crippen LogP contribution in [0.1, 0.15) is 170 Å². The molecule has 0 amide bonds. The zero-order valence-corrected chi connectivity index (χ0v) is 48.3. The van der Waals surface area contributed by atoms with E-state index in [2.05, 4.69) is 262 Å². The van der Waals surface area contributed by atoms with E-state index in [0.29, 0.717) is 6.42 Å². The monoisotopic (exact) mass is 999 g/mol. The van der Waals surface area contributed by atoms with E-state index in [9.17, 15) is 0 Å². The van der Waals surface area contributed by atoms with Crippen molar-refractivity contribution in [2.45, 2.75) is 144 Å². The number of hydrogen-bond donors (Lipinski definition) is 2. The fourth-order valence-electron chi connectivity index (χ4n) is 11.7. The smallest absolute Gasteiger partial charge is 0.0400 e. The Balaban J connectivity index is 1.48. The van der Waals surface area contributed by atoms with E-state index in [1.165, 1.54) is 111 Å². The van der Waals surface area contributed by atoms with Gasteiger partial charge in [-0.3, -0.25) is 0 Å². The van der Waals surface area contributed by atoms with Crippen molar-refractivity contribution in [1.82, 2.24) is 0 Å². The van der Waals surface area contributed by atoms with Crippen molar-refractivity contribution < 1.29 is 0 Å². The zero-order chi connectivity index (χ0) is 54.6. The lowest BCUT2D eigenvalue weighted by Crippen LogP contribution is -2.18. The topological polar surface area (TPSA) is 52.0 Å². The van der Waals surface area contributed by atoms with Crippen LogP contribution in [-0.2, 0) is 28.1 Å². The zero-order valence-electron chi connectivity index (χ0n) is 48.3. The first-order valence-corrected chi connectivity index (χ1v) is 27.7. The SMILES string of the molecule is C/C=C\C=C(/N)c1c2c(c(C/C=C\C=C/N)c3ccccccc(C)cc13)-c1ccc3c4c(ccc-2c14)C(C(C)c1cc(C(C)(C)C)cc(C(C)(C)C)c1)=C3/C(=C1/C=CC=CC1)c1cc(C(C)(C)C)cc(C(C)(C)C)c1. The van der Waals surface area contributed by atoms with E-state index in [-0.39, 0.29) is 27.6 Å². The second-order valence-electron chi connectivity index (χ2n) is 25.7. The van der Waals surface area contributed by atoms with Crippen LogP contribution < -0.4 is 11.5 Å². The molecule has 4 N–H and O–H groups in total. The van der Waals surface area contributed by atoms with E-state index < -0.39 is 0 Å². The quantitative estimate of drug-likeness (QED) is 0.142. The number of allylic oxidation sites excluding steroid dienone is 14. The largest absolute Gasteiger partial charge is 0.405 e. The van der Waals surface area contributed by atoms with Crippen LogP contribution in [0.3, 0.4) is 0 Å². The third-order valence-electron chi connectivity index (χ3n) is 16.0. The van der Waals surface area contributed by atoms with Crippen LogP contribution >= 0.6 is 0 Å². The minimum absolute atomic E-state index is 0.0383. The van der Waals surface area contributed by atoms with Crippen LogP contribution in [0, 0.1) is 6.92 Å². The van der Waals surface area contributed by atoms with Gasteiger partial charge in [-0.15, -0.1) is 0 Å². The summed E-state index contributed by atoms with van der Waals surface area (Å²) in [6, 6.07) is 40.2. The van der Waals surface area contributed by atoms with E-state index in [1.54, 1.807) is 6.20 Å². The van der Waals surface area contributed by atoms with Crippen LogP contribution in [0.15, 0.2) is 176 Å². The Bertz CT molecular complexity index is 3580. The highest BCUT2D eigenvalue weighted by Crippen LogP contribution is 2.61. The van der Waals surface area contributed by atoms with Gasteiger partial charge in [0.1, 0.15) is 0 Å². The molecule has 2 nitrogen and oxygen atoms in total. The predicted molar refractivity (Wildman–Crippen MR) is 334 cm³/mol. The molecule has 0 aliphatic heterocycles. The maximum Gasteiger partial charge on any atom is 0.0400 e. The Morgan fingerprint density at radius 3 is 1.75 bits per heavy atom. The van der Waals surface area contributed by atoms with E-state index in [1.807, 2.05) is 6.08 Å². The number of fused-ring (bicyclic) bond motifs is 4. The number of hydrogen-bond acceptors (Lipinski definition) is 2. The van der Waals surface area contributed by atoms with Gasteiger partial charge in [-0.25, -0.2) is 0 Å². The number of rotatable bonds is 9. The first-order chi connectivity index (χ1) is 35.9. The summed E-state index contributed by atoms with van der Waals surface area (Å²) in [6.07, 6.45) is 24.8. The number of aryl methyl sites for hydroxylation is 1. The third-order valence-corrected chi connectivity index (χ3v) is 16.0. The molecular weight excluding hydrogens is 917 g/mol. The van der Waals surface area contributed by atoms with Gasteiger partial charge in [-0.1, -0.05) is 247 Å². The fraction of sp³-hybridized carbons (Fsp3) is 0.297. The summed E-state index contributed by atoms with van der Waals surface area (Å²) in [6.45, 7) is 35.0. The molecule has 1 atom stereocenters. The second kappa shape index (κ2) is 20.4. The van der Waals surface area contributed by atoms with Gasteiger partial charge in [0.25, 0.3) is 0 Å². The average Bonchev–Trinajstić information content (AvgIpc) is 3.87. The lowest BCUT2D eigenvalue weighted by atomic mass is 9.74. The molecule has 0 heterocycles. The summed E-state index contributed by atoms with van der Waals surface area (Å²) < 4.78 is 0. The highest BCUT2D eigenvalue weighted by atomic mass is 14.6. The van der Waals surface area contributed by atoms with E-state index >= 15 is 0 Å². The molecule has 6 aromatic carbocycles. The van der Waals surface area contributed by atoms with Crippen molar-refractivity contribution >= 4 is 44.0 Å². The Labute approximate surface area is 456 Å². The molecule has 2 heteroatoms. The van der Waals surface area contributed by atoms with Crippen molar-refractivity contribution in [2.24, 2.45) is 11.5 Å². The number of nitrogens with two attached hydrogens (primary N) is 2. The maximum absolute atomic E-state index is 7.48. The summed E-state index contributed by atoms with van der Waals surface area (Å²) in [5, 5.41) is 4.93. The molecule has 0 bridgehead atoms. The second-order valence-corrected chi connectivity index (χ2v) is 25.7. The van der Waals surface area contributed by atoms with Crippen LogP contribution in [0.5, 0.6) is 0 Å². The molecule has 0 saturated heterocycles. The summed E-state index contributed by atoms with van der Waals surface area (Å²) in [4.78, 5) is 0. The summed E-state index contributed by atoms with van der Waals surface area (Å²) in [7, 11) is 0. The Morgan fingerprint density at radius 2 is 1.17 bits per heavy atom. The molecule has 76 heavy (non-hydrogen) atoms. The number of benzene rings is 5. The highest BCUT2D eigenvalue weighted by Gasteiger charge is 2.38. The van der Waals surface area contributed by atoms with Gasteiger partial charge in [0.05, 0.1) is 0 Å². The van der Waals surface area contributed by atoms with Crippen molar-refractivity contribution in [3.05, 3.63) is 237 Å². The van der Waals surface area contributed by atoms with Crippen molar-refractivity contribution in [3.63, 3.8) is 0 Å². The summed E-state index contributed by atoms with van der Waals surface area (Å²) in [5.41, 5.74) is 38.4. The molecule has 0 spiro atoms. The Kier molecular flexibility index (Phi) is 14.4. The van der Waals surface area contributed by atoms with Crippen molar-refractivity contribution in [2.75, 3.05) is 0 Å². The molecule has 1 unspecified atom stereocenters. The molecule has 0 radical (unpaired) electrons. The van der Waals surface area contributed by atoms with Crippen molar-refractivity contribution in [1.29, 1.82) is 0 Å². The van der Waals surface area contributed by atoms with Gasteiger partial charge >= 0.3 is 0 Å². The van der Waals surface area contributed by atoms with Crippen LogP contribution in [0.4, 0.5) is 0 Å². The normalized spacial score (nSPS) is 15.8. The van der Waals surface area contributed by atoms with Crippen LogP contribution in [0.25, 0.3) is 66.2 Å².